The highest BCUT2D eigenvalue weighted by Gasteiger charge is 2.59. The summed E-state index contributed by atoms with van der Waals surface area (Å²) in [6.45, 7) is 1.19. The van der Waals surface area contributed by atoms with Gasteiger partial charge in [0.2, 0.25) is 0 Å². The molecule has 2 atom stereocenters. The van der Waals surface area contributed by atoms with Crippen molar-refractivity contribution < 1.29 is 32.2 Å². The summed E-state index contributed by atoms with van der Waals surface area (Å²) >= 11 is 12.1. The molecule has 1 aromatic heterocycles. The van der Waals surface area contributed by atoms with Crippen molar-refractivity contribution >= 4 is 29.2 Å². The number of ether oxygens (including phenoxy) is 1. The Kier molecular flexibility index (Phi) is 7.02. The lowest BCUT2D eigenvalue weighted by atomic mass is 9.77. The fraction of sp³-hybridized carbons (Fsp3) is 0.217. The summed E-state index contributed by atoms with van der Waals surface area (Å²) in [7, 11) is 1.12. The van der Waals surface area contributed by atoms with E-state index in [0.717, 1.165) is 31.5 Å². The van der Waals surface area contributed by atoms with E-state index in [1.54, 1.807) is 0 Å². The van der Waals surface area contributed by atoms with Gasteiger partial charge in [-0.2, -0.15) is 13.2 Å². The minimum absolute atomic E-state index is 0.0137. The number of halogens is 6. The fourth-order valence-electron chi connectivity index (χ4n) is 3.55. The first kappa shape index (κ1) is 25.0. The second-order valence-corrected chi connectivity index (χ2v) is 8.07. The quantitative estimate of drug-likeness (QED) is 0.245. The predicted octanol–water partition coefficient (Wildman–Crippen LogP) is 6.53. The molecule has 10 heteroatoms. The average molecular weight is 502 g/mol. The van der Waals surface area contributed by atoms with Crippen molar-refractivity contribution in [3.63, 3.8) is 0 Å². The van der Waals surface area contributed by atoms with E-state index in [1.165, 1.54) is 37.3 Å². The minimum Gasteiger partial charge on any atom is -0.465 e. The predicted molar refractivity (Wildman–Crippen MR) is 116 cm³/mol. The molecule has 33 heavy (non-hydrogen) atoms. The Hall–Kier alpha value is -2.68. The molecule has 0 aliphatic heterocycles. The first-order valence-electron chi connectivity index (χ1n) is 9.49. The van der Waals surface area contributed by atoms with Crippen molar-refractivity contribution in [3.05, 3.63) is 87.4 Å². The molecule has 0 amide bonds. The Morgan fingerprint density at radius 3 is 2.24 bits per heavy atom. The number of benzene rings is 2. The van der Waals surface area contributed by atoms with E-state index in [1.807, 2.05) is 0 Å². The zero-order valence-corrected chi connectivity index (χ0v) is 18.8. The van der Waals surface area contributed by atoms with Crippen LogP contribution in [0.2, 0.25) is 10.2 Å². The second kappa shape index (κ2) is 9.29. The van der Waals surface area contributed by atoms with Gasteiger partial charge in [-0.15, -0.1) is 0 Å². The highest BCUT2D eigenvalue weighted by Crippen LogP contribution is 2.50. The third-order valence-electron chi connectivity index (χ3n) is 5.40. The minimum atomic E-state index is -5.06. The van der Waals surface area contributed by atoms with Gasteiger partial charge < -0.3 is 9.84 Å². The molecule has 0 radical (unpaired) electrons. The summed E-state index contributed by atoms with van der Waals surface area (Å²) in [6.07, 6.45) is -4.00. The summed E-state index contributed by atoms with van der Waals surface area (Å²) in [4.78, 5) is 15.2. The van der Waals surface area contributed by atoms with Crippen molar-refractivity contribution in [2.45, 2.75) is 24.6 Å². The third kappa shape index (κ3) is 4.69. The number of hydrogen-bond donors (Lipinski definition) is 1. The Morgan fingerprint density at radius 1 is 1.06 bits per heavy atom. The normalized spacial score (nSPS) is 14.5. The Balaban J connectivity index is 2.04. The molecule has 4 nitrogen and oxygen atoms in total. The molecule has 0 aliphatic carbocycles. The maximum Gasteiger partial charge on any atom is 0.422 e. The average Bonchev–Trinajstić information content (AvgIpc) is 2.76. The molecule has 174 valence electrons. The van der Waals surface area contributed by atoms with Gasteiger partial charge in [0.15, 0.2) is 5.60 Å². The summed E-state index contributed by atoms with van der Waals surface area (Å²) in [6, 6.07) is 9.88. The van der Waals surface area contributed by atoms with Crippen LogP contribution in [-0.4, -0.2) is 29.3 Å². The molecular formula is C23H17Cl2F4NO3. The molecule has 1 heterocycles. The van der Waals surface area contributed by atoms with Gasteiger partial charge >= 0.3 is 12.1 Å². The van der Waals surface area contributed by atoms with Gasteiger partial charge in [0.1, 0.15) is 11.0 Å². The van der Waals surface area contributed by atoms with Gasteiger partial charge in [-0.25, -0.2) is 14.2 Å². The number of methoxy groups -OCH3 is 1. The van der Waals surface area contributed by atoms with Crippen molar-refractivity contribution in [1.29, 1.82) is 0 Å². The maximum absolute atomic E-state index is 14.3. The number of carbonyl (C=O) groups is 1. The van der Waals surface area contributed by atoms with Gasteiger partial charge in [-0.3, -0.25) is 0 Å². The number of aliphatic hydroxyl groups is 1. The molecule has 0 saturated heterocycles. The molecule has 3 aromatic rings. The highest BCUT2D eigenvalue weighted by atomic mass is 35.5. The van der Waals surface area contributed by atoms with E-state index in [-0.39, 0.29) is 21.3 Å². The van der Waals surface area contributed by atoms with Crippen LogP contribution < -0.4 is 0 Å². The second-order valence-electron chi connectivity index (χ2n) is 7.28. The van der Waals surface area contributed by atoms with E-state index in [9.17, 15) is 27.5 Å². The summed E-state index contributed by atoms with van der Waals surface area (Å²) < 4.78 is 61.0. The van der Waals surface area contributed by atoms with Gasteiger partial charge in [0.25, 0.3) is 0 Å². The van der Waals surface area contributed by atoms with E-state index < -0.39 is 35.0 Å². The van der Waals surface area contributed by atoms with Crippen molar-refractivity contribution in [1.82, 2.24) is 4.98 Å². The summed E-state index contributed by atoms with van der Waals surface area (Å²) in [5.74, 6) is -3.20. The van der Waals surface area contributed by atoms with Crippen molar-refractivity contribution in [3.8, 4) is 11.1 Å². The lowest BCUT2D eigenvalue weighted by Crippen LogP contribution is -2.46. The molecule has 2 unspecified atom stereocenters. The Bertz CT molecular complexity index is 1200. The zero-order chi connectivity index (χ0) is 24.6. The van der Waals surface area contributed by atoms with E-state index >= 15 is 0 Å². The first-order valence-corrected chi connectivity index (χ1v) is 10.2. The highest BCUT2D eigenvalue weighted by molar-refractivity contribution is 6.31. The molecule has 1 N–H and O–H groups in total. The van der Waals surface area contributed by atoms with E-state index in [2.05, 4.69) is 9.72 Å². The smallest absolute Gasteiger partial charge is 0.422 e. The van der Waals surface area contributed by atoms with E-state index in [4.69, 9.17) is 23.2 Å². The van der Waals surface area contributed by atoms with Crippen LogP contribution in [-0.2, 0) is 10.3 Å². The van der Waals surface area contributed by atoms with Crippen LogP contribution in [0.5, 0.6) is 0 Å². The Labute approximate surface area is 196 Å². The molecule has 0 saturated carbocycles. The number of rotatable bonds is 5. The monoisotopic (exact) mass is 501 g/mol. The number of nitrogens with zero attached hydrogens (tertiary/aromatic N) is 1. The Morgan fingerprint density at radius 2 is 1.70 bits per heavy atom. The van der Waals surface area contributed by atoms with Crippen molar-refractivity contribution in [2.24, 2.45) is 0 Å². The molecule has 0 aliphatic rings. The number of pyridine rings is 1. The largest absolute Gasteiger partial charge is 0.465 e. The van der Waals surface area contributed by atoms with Crippen LogP contribution in [0.3, 0.4) is 0 Å². The first-order chi connectivity index (χ1) is 15.4. The molecule has 0 spiro atoms. The van der Waals surface area contributed by atoms with Crippen LogP contribution in [0.15, 0.2) is 54.7 Å². The molecular weight excluding hydrogens is 485 g/mol. The number of esters is 1. The number of aromatic nitrogens is 1. The van der Waals surface area contributed by atoms with E-state index in [0.29, 0.717) is 11.1 Å². The van der Waals surface area contributed by atoms with Crippen LogP contribution in [0.4, 0.5) is 17.6 Å². The zero-order valence-electron chi connectivity index (χ0n) is 17.3. The SMILES string of the molecule is COC(=O)c1ccc(-c2ccc(C(C)C(O)(c3ccnc(Cl)c3)C(F)(F)F)c(Cl)c2)cc1F. The summed E-state index contributed by atoms with van der Waals surface area (Å²) in [5, 5.41) is 10.6. The number of alkyl halides is 3. The van der Waals surface area contributed by atoms with Crippen LogP contribution >= 0.6 is 23.2 Å². The van der Waals surface area contributed by atoms with Gasteiger partial charge in [0, 0.05) is 17.1 Å². The van der Waals surface area contributed by atoms with Gasteiger partial charge in [-0.05, 0) is 52.6 Å². The van der Waals surface area contributed by atoms with Gasteiger partial charge in [-0.1, -0.05) is 48.3 Å². The summed E-state index contributed by atoms with van der Waals surface area (Å²) in [5.41, 5.74) is -3.30. The molecule has 0 fully saturated rings. The lowest BCUT2D eigenvalue weighted by Gasteiger charge is -2.37. The van der Waals surface area contributed by atoms with Crippen LogP contribution in [0.25, 0.3) is 11.1 Å². The third-order valence-corrected chi connectivity index (χ3v) is 5.93. The van der Waals surface area contributed by atoms with Crippen LogP contribution in [0, 0.1) is 5.82 Å². The number of hydrogen-bond acceptors (Lipinski definition) is 4. The maximum atomic E-state index is 14.3. The standard InChI is InChI=1S/C23H17Cl2F4NO3/c1-12(22(32,23(27,28)29)15-7-8-30-20(25)11-15)16-5-3-13(9-18(16)24)14-4-6-17(19(26)10-14)21(31)33-2/h3-12,32H,1-2H3. The molecule has 3 rings (SSSR count). The topological polar surface area (TPSA) is 59.4 Å². The number of carbonyl (C=O) groups excluding carboxylic acids is 1. The lowest BCUT2D eigenvalue weighted by molar-refractivity contribution is -0.274. The molecule has 0 bridgehead atoms. The molecule has 2 aromatic carbocycles. The van der Waals surface area contributed by atoms with Gasteiger partial charge in [0.05, 0.1) is 12.7 Å². The van der Waals surface area contributed by atoms with Crippen molar-refractivity contribution in [2.75, 3.05) is 7.11 Å². The van der Waals surface area contributed by atoms with Crippen LogP contribution in [0.1, 0.15) is 34.3 Å². The fourth-order valence-corrected chi connectivity index (χ4v) is 4.07.